The maximum Gasteiger partial charge on any atom is 0.321 e. The summed E-state index contributed by atoms with van der Waals surface area (Å²) in [5.74, 6) is -0.385. The van der Waals surface area contributed by atoms with Gasteiger partial charge in [-0.15, -0.1) is 16.4 Å². The van der Waals surface area contributed by atoms with E-state index in [4.69, 9.17) is 0 Å². The molecule has 0 aliphatic heterocycles. The zero-order valence-corrected chi connectivity index (χ0v) is 17.6. The van der Waals surface area contributed by atoms with Crippen LogP contribution in [0.4, 0.5) is 4.79 Å². The first-order chi connectivity index (χ1) is 14.2. The molecule has 0 spiro atoms. The molecule has 0 aliphatic carbocycles. The molecule has 2 aromatic heterocycles. The van der Waals surface area contributed by atoms with E-state index in [1.54, 1.807) is 4.68 Å². The smallest absolute Gasteiger partial charge is 0.321 e. The second kappa shape index (κ2) is 10.7. The van der Waals surface area contributed by atoms with Gasteiger partial charge in [0, 0.05) is 4.88 Å². The number of amides is 3. The predicted molar refractivity (Wildman–Crippen MR) is 113 cm³/mol. The Morgan fingerprint density at radius 2 is 2.03 bits per heavy atom. The Labute approximate surface area is 177 Å². The van der Waals surface area contributed by atoms with Crippen molar-refractivity contribution in [3.63, 3.8) is 0 Å². The lowest BCUT2D eigenvalue weighted by Gasteiger charge is -2.07. The first-order valence-electron chi connectivity index (χ1n) is 9.26. The normalized spacial score (nSPS) is 10.7. The molecular formula is C19H22N6O2S2. The van der Waals surface area contributed by atoms with E-state index in [0.717, 1.165) is 29.8 Å². The van der Waals surface area contributed by atoms with Gasteiger partial charge in [0.25, 0.3) is 0 Å². The quantitative estimate of drug-likeness (QED) is 0.506. The summed E-state index contributed by atoms with van der Waals surface area (Å²) in [5, 5.41) is 19.0. The Hall–Kier alpha value is -2.72. The summed E-state index contributed by atoms with van der Waals surface area (Å²) in [6.45, 7) is 2.55. The van der Waals surface area contributed by atoms with Crippen molar-refractivity contribution < 1.29 is 9.59 Å². The molecule has 2 N–H and O–H groups in total. The minimum atomic E-state index is -0.522. The van der Waals surface area contributed by atoms with Crippen LogP contribution in [0, 0.1) is 0 Å². The Morgan fingerprint density at radius 1 is 1.21 bits per heavy atom. The van der Waals surface area contributed by atoms with Crippen LogP contribution in [0.1, 0.15) is 30.2 Å². The van der Waals surface area contributed by atoms with E-state index < -0.39 is 11.9 Å². The van der Waals surface area contributed by atoms with E-state index >= 15 is 0 Å². The van der Waals surface area contributed by atoms with Gasteiger partial charge in [0.05, 0.1) is 18.0 Å². The lowest BCUT2D eigenvalue weighted by Crippen LogP contribution is -2.39. The zero-order valence-electron chi connectivity index (χ0n) is 16.0. The summed E-state index contributed by atoms with van der Waals surface area (Å²) in [6.07, 6.45) is 3.35. The topological polar surface area (TPSA) is 102 Å². The fourth-order valence-corrected chi connectivity index (χ4v) is 3.87. The first kappa shape index (κ1) is 21.0. The second-order valence-corrected chi connectivity index (χ2v) is 8.22. The molecule has 3 aromatic rings. The number of aromatic nitrogens is 4. The molecule has 0 aliphatic rings. The van der Waals surface area contributed by atoms with E-state index in [9.17, 15) is 9.59 Å². The molecule has 3 rings (SSSR count). The number of thiophene rings is 1. The average Bonchev–Trinajstić information content (AvgIpc) is 3.41. The Bertz CT molecular complexity index is 925. The molecule has 0 radical (unpaired) electrons. The minimum absolute atomic E-state index is 0.0291. The van der Waals surface area contributed by atoms with Crippen molar-refractivity contribution in [1.29, 1.82) is 0 Å². The molecule has 0 unspecified atom stereocenters. The van der Waals surface area contributed by atoms with E-state index in [2.05, 4.69) is 45.2 Å². The van der Waals surface area contributed by atoms with Gasteiger partial charge in [0.15, 0.2) is 0 Å². The molecule has 10 heteroatoms. The number of urea groups is 1. The van der Waals surface area contributed by atoms with Crippen LogP contribution in [0.25, 0.3) is 5.69 Å². The highest BCUT2D eigenvalue weighted by Crippen LogP contribution is 2.18. The summed E-state index contributed by atoms with van der Waals surface area (Å²) in [7, 11) is 0. The Morgan fingerprint density at radius 3 is 2.76 bits per heavy atom. The average molecular weight is 431 g/mol. The Balaban J connectivity index is 1.49. The highest BCUT2D eigenvalue weighted by molar-refractivity contribution is 7.99. The largest absolute Gasteiger partial charge is 0.333 e. The maximum atomic E-state index is 12.0. The lowest BCUT2D eigenvalue weighted by atomic mass is 10.1. The van der Waals surface area contributed by atoms with Crippen molar-refractivity contribution >= 4 is 35.0 Å². The molecule has 0 atom stereocenters. The number of tetrazole rings is 1. The van der Waals surface area contributed by atoms with Gasteiger partial charge in [-0.05, 0) is 52.4 Å². The van der Waals surface area contributed by atoms with Crippen LogP contribution < -0.4 is 10.6 Å². The fourth-order valence-electron chi connectivity index (χ4n) is 2.53. The summed E-state index contributed by atoms with van der Waals surface area (Å²) < 4.78 is 1.58. The number of hydrogen-bond donors (Lipinski definition) is 2. The Kier molecular flexibility index (Phi) is 7.77. The molecule has 0 saturated carbocycles. The third kappa shape index (κ3) is 6.40. The van der Waals surface area contributed by atoms with Crippen LogP contribution in [0.3, 0.4) is 0 Å². The summed E-state index contributed by atoms with van der Waals surface area (Å²) in [6, 6.07) is 11.3. The summed E-state index contributed by atoms with van der Waals surface area (Å²) in [4.78, 5) is 24.9. The van der Waals surface area contributed by atoms with Crippen LogP contribution >= 0.6 is 23.1 Å². The maximum absolute atomic E-state index is 12.0. The highest BCUT2D eigenvalue weighted by atomic mass is 32.2. The van der Waals surface area contributed by atoms with Crippen LogP contribution in [0.2, 0.25) is 0 Å². The van der Waals surface area contributed by atoms with Gasteiger partial charge in [-0.25, -0.2) is 4.79 Å². The molecule has 8 nitrogen and oxygen atoms in total. The van der Waals surface area contributed by atoms with Crippen molar-refractivity contribution in [3.8, 4) is 5.69 Å². The predicted octanol–water partition coefficient (Wildman–Crippen LogP) is 3.18. The van der Waals surface area contributed by atoms with Crippen LogP contribution in [0.15, 0.2) is 46.9 Å². The molecule has 1 aromatic carbocycles. The van der Waals surface area contributed by atoms with Crippen molar-refractivity contribution in [2.24, 2.45) is 0 Å². The van der Waals surface area contributed by atoms with E-state index in [0.29, 0.717) is 11.7 Å². The monoisotopic (exact) mass is 430 g/mol. The molecule has 152 valence electrons. The van der Waals surface area contributed by atoms with Crippen LogP contribution in [-0.4, -0.2) is 37.9 Å². The summed E-state index contributed by atoms with van der Waals surface area (Å²) >= 11 is 2.71. The number of rotatable bonds is 9. The van der Waals surface area contributed by atoms with Gasteiger partial charge in [-0.3, -0.25) is 10.1 Å². The number of thioether (sulfide) groups is 1. The number of nitrogens with one attached hydrogen (secondary N) is 2. The third-order valence-electron chi connectivity index (χ3n) is 4.03. The van der Waals surface area contributed by atoms with Gasteiger partial charge < -0.3 is 5.32 Å². The van der Waals surface area contributed by atoms with E-state index in [1.807, 2.05) is 29.6 Å². The first-order valence-corrected chi connectivity index (χ1v) is 11.1. The number of nitrogens with zero attached hydrogens (tertiary/aromatic N) is 4. The third-order valence-corrected chi connectivity index (χ3v) is 5.83. The molecular weight excluding hydrogens is 408 g/mol. The van der Waals surface area contributed by atoms with E-state index in [-0.39, 0.29) is 5.75 Å². The standard InChI is InChI=1S/C19H22N6O2S2/c1-2-3-5-14-7-9-15(10-8-14)25-19(22-23-24-25)29-13-17(26)21-18(27)20-12-16-6-4-11-28-16/h4,6-11H,2-3,5,12-13H2,1H3,(H2,20,21,26,27). The number of benzene rings is 1. The highest BCUT2D eigenvalue weighted by Gasteiger charge is 2.13. The van der Waals surface area contributed by atoms with Gasteiger partial charge in [0.1, 0.15) is 0 Å². The van der Waals surface area contributed by atoms with Gasteiger partial charge in [-0.1, -0.05) is 43.3 Å². The second-order valence-electron chi connectivity index (χ2n) is 6.24. The number of hydrogen-bond acceptors (Lipinski definition) is 7. The number of carbonyl (C=O) groups is 2. The van der Waals surface area contributed by atoms with Crippen molar-refractivity contribution in [2.45, 2.75) is 37.9 Å². The molecule has 3 amide bonds. The van der Waals surface area contributed by atoms with Gasteiger partial charge in [-0.2, -0.15) is 4.68 Å². The molecule has 0 saturated heterocycles. The van der Waals surface area contributed by atoms with Crippen molar-refractivity contribution in [3.05, 3.63) is 52.2 Å². The molecule has 0 bridgehead atoms. The SMILES string of the molecule is CCCCc1ccc(-n2nnnc2SCC(=O)NC(=O)NCc2cccs2)cc1. The van der Waals surface area contributed by atoms with Crippen LogP contribution in [0.5, 0.6) is 0 Å². The number of unbranched alkanes of at least 4 members (excludes halogenated alkanes) is 1. The molecule has 29 heavy (non-hydrogen) atoms. The van der Waals surface area contributed by atoms with Gasteiger partial charge >= 0.3 is 6.03 Å². The van der Waals surface area contributed by atoms with Crippen LogP contribution in [-0.2, 0) is 17.8 Å². The number of imide groups is 1. The van der Waals surface area contributed by atoms with Gasteiger partial charge in [0.2, 0.25) is 11.1 Å². The van der Waals surface area contributed by atoms with Crippen molar-refractivity contribution in [1.82, 2.24) is 30.8 Å². The molecule has 2 heterocycles. The number of carbonyl (C=O) groups excluding carboxylic acids is 2. The summed E-state index contributed by atoms with van der Waals surface area (Å²) in [5.41, 5.74) is 2.10. The van der Waals surface area contributed by atoms with E-state index in [1.165, 1.54) is 28.7 Å². The lowest BCUT2D eigenvalue weighted by molar-refractivity contribution is -0.117. The van der Waals surface area contributed by atoms with Crippen molar-refractivity contribution in [2.75, 3.05) is 5.75 Å². The fraction of sp³-hybridized carbons (Fsp3) is 0.316. The zero-order chi connectivity index (χ0) is 20.5. The minimum Gasteiger partial charge on any atom is -0.333 e. The number of aryl methyl sites for hydroxylation is 1. The molecule has 0 fully saturated rings.